The number of hydrogen-bond donors (Lipinski definition) is 2. The van der Waals surface area contributed by atoms with E-state index < -0.39 is 7.82 Å². The maximum Gasteiger partial charge on any atom is 0.518 e. The van der Waals surface area contributed by atoms with Crippen molar-refractivity contribution in [2.45, 2.75) is 13.3 Å². The van der Waals surface area contributed by atoms with Crippen molar-refractivity contribution in [2.24, 2.45) is 0 Å². The van der Waals surface area contributed by atoms with Crippen molar-refractivity contribution in [1.82, 2.24) is 6.15 Å². The highest BCUT2D eigenvalue weighted by molar-refractivity contribution is 7.49. The van der Waals surface area contributed by atoms with Crippen molar-refractivity contribution >= 4 is 19.7 Å². The molecular weight excluding hydrogens is 196 g/mol. The molecule has 0 aliphatic carbocycles. The molecule has 0 radical (unpaired) electrons. The second kappa shape index (κ2) is 7.00. The summed E-state index contributed by atoms with van der Waals surface area (Å²) in [5.41, 5.74) is 0. The van der Waals surface area contributed by atoms with E-state index in [9.17, 15) is 4.57 Å². The summed E-state index contributed by atoms with van der Waals surface area (Å²) in [7, 11) is -3.88. The van der Waals surface area contributed by atoms with E-state index in [1.165, 1.54) is 0 Å². The fourth-order valence-corrected chi connectivity index (χ4v) is 0.973. The molecule has 0 aromatic heterocycles. The van der Waals surface area contributed by atoms with Crippen LogP contribution in [-0.4, -0.2) is 11.9 Å². The van der Waals surface area contributed by atoms with E-state index in [2.05, 4.69) is 25.1 Å². The van der Waals surface area contributed by atoms with Crippen LogP contribution in [0.4, 0.5) is 0 Å². The van der Waals surface area contributed by atoms with Crippen LogP contribution < -0.4 is 6.15 Å². The van der Waals surface area contributed by atoms with Crippen LogP contribution in [0.1, 0.15) is 13.3 Å². The monoisotopic (exact) mass is 207 g/mol. The van der Waals surface area contributed by atoms with Gasteiger partial charge in [-0.3, -0.25) is 4.52 Å². The largest absolute Gasteiger partial charge is 0.518 e. The minimum atomic E-state index is -3.88. The standard InChI is InChI=1S/C3H8ClO5P.H3N/c1-2-3-7-10(6,8-4)9-5;/h5H,2-3H2,1H3;1H3. The molecular formula is C3H11ClNO5P. The SMILES string of the molecule is CCCOP(=O)(OO)OCl.N. The van der Waals surface area contributed by atoms with Crippen molar-refractivity contribution in [2.75, 3.05) is 6.61 Å². The van der Waals surface area contributed by atoms with E-state index in [1.54, 1.807) is 6.92 Å². The predicted molar refractivity (Wildman–Crippen MR) is 39.5 cm³/mol. The average molecular weight is 208 g/mol. The molecule has 11 heavy (non-hydrogen) atoms. The second-order valence-corrected chi connectivity index (χ2v) is 3.30. The lowest BCUT2D eigenvalue weighted by molar-refractivity contribution is -0.160. The van der Waals surface area contributed by atoms with Crippen molar-refractivity contribution < 1.29 is 23.1 Å². The van der Waals surface area contributed by atoms with E-state index in [0.717, 1.165) is 0 Å². The Bertz CT molecular complexity index is 125. The topological polar surface area (TPSA) is 100.0 Å². The van der Waals surface area contributed by atoms with Crippen LogP contribution in [0.5, 0.6) is 0 Å². The van der Waals surface area contributed by atoms with Crippen LogP contribution in [0.3, 0.4) is 0 Å². The van der Waals surface area contributed by atoms with Crippen LogP contribution in [-0.2, 0) is 17.8 Å². The third-order valence-electron chi connectivity index (χ3n) is 0.638. The average Bonchev–Trinajstić information content (AvgIpc) is 2.00. The molecule has 0 heterocycles. The van der Waals surface area contributed by atoms with Crippen LogP contribution in [0, 0.1) is 0 Å². The zero-order valence-corrected chi connectivity index (χ0v) is 7.68. The third-order valence-corrected chi connectivity index (χ3v) is 2.01. The lowest BCUT2D eigenvalue weighted by Crippen LogP contribution is -1.93. The van der Waals surface area contributed by atoms with E-state index in [0.29, 0.717) is 6.42 Å². The molecule has 0 fully saturated rings. The molecule has 0 rings (SSSR count). The van der Waals surface area contributed by atoms with Gasteiger partial charge in [-0.05, 0) is 6.42 Å². The number of phosphoric acid groups is 1. The van der Waals surface area contributed by atoms with Gasteiger partial charge in [-0.2, -0.15) is 4.08 Å². The lowest BCUT2D eigenvalue weighted by Gasteiger charge is -2.07. The Morgan fingerprint density at radius 3 is 2.45 bits per heavy atom. The van der Waals surface area contributed by atoms with Crippen molar-refractivity contribution in [3.8, 4) is 0 Å². The summed E-state index contributed by atoms with van der Waals surface area (Å²) in [6, 6.07) is 0. The number of halogens is 1. The molecule has 0 spiro atoms. The molecule has 0 aromatic rings. The Balaban J connectivity index is 0. The first kappa shape index (κ1) is 13.9. The van der Waals surface area contributed by atoms with Gasteiger partial charge in [-0.1, -0.05) is 6.92 Å². The molecule has 4 N–H and O–H groups in total. The molecule has 0 amide bonds. The first-order valence-electron chi connectivity index (χ1n) is 2.56. The van der Waals surface area contributed by atoms with Gasteiger partial charge >= 0.3 is 7.82 Å². The molecule has 0 saturated carbocycles. The van der Waals surface area contributed by atoms with Crippen molar-refractivity contribution in [1.29, 1.82) is 0 Å². The zero-order valence-electron chi connectivity index (χ0n) is 6.03. The highest BCUT2D eigenvalue weighted by Gasteiger charge is 2.26. The summed E-state index contributed by atoms with van der Waals surface area (Å²) in [4.78, 5) is 0. The van der Waals surface area contributed by atoms with Gasteiger partial charge in [0.1, 0.15) is 0 Å². The predicted octanol–water partition coefficient (Wildman–Crippen LogP) is 2.34. The molecule has 0 bridgehead atoms. The van der Waals surface area contributed by atoms with Gasteiger partial charge in [0.05, 0.1) is 18.5 Å². The molecule has 0 aliphatic rings. The Hall–Kier alpha value is 0.320. The fourth-order valence-electron chi connectivity index (χ4n) is 0.259. The smallest absolute Gasteiger partial charge is 0.344 e. The van der Waals surface area contributed by atoms with Gasteiger partial charge < -0.3 is 6.15 Å². The highest BCUT2D eigenvalue weighted by Crippen LogP contribution is 2.49. The molecule has 8 heteroatoms. The maximum absolute atomic E-state index is 10.7. The summed E-state index contributed by atoms with van der Waals surface area (Å²) in [6.07, 6.45) is 0.619. The lowest BCUT2D eigenvalue weighted by atomic mass is 10.5. The second-order valence-electron chi connectivity index (χ2n) is 1.43. The fraction of sp³-hybridized carbons (Fsp3) is 1.00. The van der Waals surface area contributed by atoms with Gasteiger partial charge in [0.15, 0.2) is 0 Å². The van der Waals surface area contributed by atoms with Crippen LogP contribution in [0.15, 0.2) is 0 Å². The van der Waals surface area contributed by atoms with Crippen molar-refractivity contribution in [3.05, 3.63) is 0 Å². The number of rotatable bonds is 5. The van der Waals surface area contributed by atoms with Gasteiger partial charge in [0.2, 0.25) is 0 Å². The molecule has 0 saturated heterocycles. The Labute approximate surface area is 69.7 Å². The molecule has 1 atom stereocenters. The van der Waals surface area contributed by atoms with E-state index in [1.807, 2.05) is 0 Å². The highest BCUT2D eigenvalue weighted by atomic mass is 35.5. The van der Waals surface area contributed by atoms with Gasteiger partial charge in [0.25, 0.3) is 0 Å². The Kier molecular flexibility index (Phi) is 8.83. The summed E-state index contributed by atoms with van der Waals surface area (Å²) >= 11 is 4.67. The molecule has 0 aliphatic heterocycles. The maximum atomic E-state index is 10.7. The molecule has 1 unspecified atom stereocenters. The Morgan fingerprint density at radius 1 is 1.64 bits per heavy atom. The quantitative estimate of drug-likeness (QED) is 0.408. The van der Waals surface area contributed by atoms with Gasteiger partial charge in [0, 0.05) is 0 Å². The van der Waals surface area contributed by atoms with Crippen LogP contribution >= 0.6 is 19.7 Å². The van der Waals surface area contributed by atoms with Gasteiger partial charge in [-0.15, -0.1) is 4.67 Å². The third kappa shape index (κ3) is 5.57. The minimum Gasteiger partial charge on any atom is -0.344 e. The normalized spacial score (nSPS) is 15.2. The molecule has 0 aromatic carbocycles. The van der Waals surface area contributed by atoms with Crippen molar-refractivity contribution in [3.63, 3.8) is 0 Å². The summed E-state index contributed by atoms with van der Waals surface area (Å²) in [5, 5.41) is 7.91. The van der Waals surface area contributed by atoms with E-state index in [4.69, 9.17) is 5.26 Å². The van der Waals surface area contributed by atoms with E-state index in [-0.39, 0.29) is 12.8 Å². The molecule has 70 valence electrons. The summed E-state index contributed by atoms with van der Waals surface area (Å²) in [5.74, 6) is 0. The van der Waals surface area contributed by atoms with Crippen LogP contribution in [0.2, 0.25) is 0 Å². The minimum absolute atomic E-state index is 0. The van der Waals surface area contributed by atoms with Gasteiger partial charge in [-0.25, -0.2) is 9.82 Å². The first-order chi connectivity index (χ1) is 4.68. The summed E-state index contributed by atoms with van der Waals surface area (Å²) in [6.45, 7) is 1.93. The molecule has 6 nitrogen and oxygen atoms in total. The summed E-state index contributed by atoms with van der Waals surface area (Å²) < 4.78 is 22.2. The first-order valence-corrected chi connectivity index (χ1v) is 4.33. The Morgan fingerprint density at radius 2 is 2.18 bits per heavy atom. The number of hydrogen-bond acceptors (Lipinski definition) is 6. The van der Waals surface area contributed by atoms with Crippen LogP contribution in [0.25, 0.3) is 0 Å². The van der Waals surface area contributed by atoms with E-state index >= 15 is 0 Å². The zero-order chi connectivity index (χ0) is 8.04.